The zero-order valence-corrected chi connectivity index (χ0v) is 23.1. The fourth-order valence-electron chi connectivity index (χ4n) is 4.08. The summed E-state index contributed by atoms with van der Waals surface area (Å²) in [5.41, 5.74) is 5.45. The molecule has 0 N–H and O–H groups in total. The van der Waals surface area contributed by atoms with Crippen LogP contribution in [0.1, 0.15) is 43.2 Å². The molecule has 0 aliphatic heterocycles. The Labute approximate surface area is 219 Å². The third-order valence-corrected chi connectivity index (χ3v) is 8.20. The monoisotopic (exact) mass is 518 g/mol. The minimum atomic E-state index is -3.74. The van der Waals surface area contributed by atoms with E-state index in [0.29, 0.717) is 6.42 Å². The van der Waals surface area contributed by atoms with E-state index in [1.54, 1.807) is 32.6 Å². The predicted octanol–water partition coefficient (Wildman–Crippen LogP) is 5.20. The molecule has 4 aromatic rings. The van der Waals surface area contributed by atoms with Gasteiger partial charge in [-0.15, -0.1) is 0 Å². The zero-order valence-electron chi connectivity index (χ0n) is 22.3. The second-order valence-corrected chi connectivity index (χ2v) is 12.4. The number of pyridine rings is 1. The van der Waals surface area contributed by atoms with E-state index in [2.05, 4.69) is 36.8 Å². The number of sulfonamides is 1. The van der Waals surface area contributed by atoms with Gasteiger partial charge in [0, 0.05) is 50.7 Å². The summed E-state index contributed by atoms with van der Waals surface area (Å²) in [6.45, 7) is 6.73. The van der Waals surface area contributed by atoms with Crippen LogP contribution in [-0.4, -0.2) is 41.4 Å². The Kier molecular flexibility index (Phi) is 7.52. The Morgan fingerprint density at radius 1 is 1.00 bits per heavy atom. The number of aromatic nitrogens is 3. The first kappa shape index (κ1) is 26.6. The summed E-state index contributed by atoms with van der Waals surface area (Å²) in [5.74, 6) is 0.729. The lowest BCUT2D eigenvalue weighted by atomic mass is 9.88. The molecule has 0 fully saturated rings. The summed E-state index contributed by atoms with van der Waals surface area (Å²) in [5, 5.41) is 0. The molecule has 4 rings (SSSR count). The molecule has 0 atom stereocenters. The van der Waals surface area contributed by atoms with Crippen molar-refractivity contribution in [1.82, 2.24) is 18.8 Å². The van der Waals surface area contributed by atoms with Crippen LogP contribution in [0.25, 0.3) is 11.3 Å². The number of hydrogen-bond donors (Lipinski definition) is 0. The van der Waals surface area contributed by atoms with E-state index in [4.69, 9.17) is 4.74 Å². The van der Waals surface area contributed by atoms with E-state index >= 15 is 0 Å². The van der Waals surface area contributed by atoms with Crippen molar-refractivity contribution >= 4 is 10.0 Å². The number of aryl methyl sites for hydroxylation is 1. The molecule has 2 aromatic carbocycles. The molecule has 7 nitrogen and oxygen atoms in total. The minimum absolute atomic E-state index is 0.0263. The summed E-state index contributed by atoms with van der Waals surface area (Å²) in [4.78, 5) is 9.41. The Balaban J connectivity index is 1.66. The molecule has 194 valence electrons. The normalized spacial score (nSPS) is 12.2. The summed E-state index contributed by atoms with van der Waals surface area (Å²) in [6.07, 6.45) is 6.10. The van der Waals surface area contributed by atoms with Crippen LogP contribution >= 0.6 is 0 Å². The maximum absolute atomic E-state index is 13.5. The average Bonchev–Trinajstić information content (AvgIpc) is 3.30. The highest BCUT2D eigenvalue weighted by atomic mass is 32.2. The number of nitrogens with zero attached hydrogens (tertiary/aromatic N) is 4. The van der Waals surface area contributed by atoms with E-state index in [1.807, 2.05) is 60.4 Å². The van der Waals surface area contributed by atoms with E-state index in [9.17, 15) is 8.42 Å². The molecule has 2 aromatic heterocycles. The van der Waals surface area contributed by atoms with Gasteiger partial charge in [0.05, 0.1) is 24.0 Å². The molecule has 37 heavy (non-hydrogen) atoms. The number of methoxy groups -OCH3 is 1. The second-order valence-electron chi connectivity index (χ2n) is 10.3. The Bertz CT molecular complexity index is 1470. The summed E-state index contributed by atoms with van der Waals surface area (Å²) >= 11 is 0. The van der Waals surface area contributed by atoms with Gasteiger partial charge in [-0.05, 0) is 52.4 Å². The molecule has 2 heterocycles. The van der Waals surface area contributed by atoms with Crippen molar-refractivity contribution in [1.29, 1.82) is 0 Å². The molecule has 0 spiro atoms. The lowest BCUT2D eigenvalue weighted by Crippen LogP contribution is -2.26. The van der Waals surface area contributed by atoms with Crippen molar-refractivity contribution in [2.45, 2.75) is 44.0 Å². The van der Waals surface area contributed by atoms with Gasteiger partial charge in [0.1, 0.15) is 5.75 Å². The highest BCUT2D eigenvalue weighted by molar-refractivity contribution is 7.89. The van der Waals surface area contributed by atoms with Gasteiger partial charge < -0.3 is 9.30 Å². The van der Waals surface area contributed by atoms with Gasteiger partial charge in [-0.1, -0.05) is 45.0 Å². The molecule has 0 amide bonds. The van der Waals surface area contributed by atoms with Crippen LogP contribution in [0.15, 0.2) is 78.2 Å². The van der Waals surface area contributed by atoms with Crippen molar-refractivity contribution in [3.05, 3.63) is 95.7 Å². The average molecular weight is 519 g/mol. The van der Waals surface area contributed by atoms with Crippen LogP contribution in [0.5, 0.6) is 5.75 Å². The second kappa shape index (κ2) is 10.5. The van der Waals surface area contributed by atoms with Gasteiger partial charge in [0.2, 0.25) is 10.0 Å². The quantitative estimate of drug-likeness (QED) is 0.320. The van der Waals surface area contributed by atoms with Gasteiger partial charge in [0.25, 0.3) is 0 Å². The predicted molar refractivity (Wildman–Crippen MR) is 146 cm³/mol. The highest BCUT2D eigenvalue weighted by Crippen LogP contribution is 2.29. The largest absolute Gasteiger partial charge is 0.497 e. The molecule has 0 radical (unpaired) electrons. The molecule has 0 aliphatic carbocycles. The topological polar surface area (TPSA) is 77.3 Å². The smallest absolute Gasteiger partial charge is 0.243 e. The van der Waals surface area contributed by atoms with E-state index in [1.165, 1.54) is 9.87 Å². The van der Waals surface area contributed by atoms with Crippen LogP contribution in [0, 0.1) is 0 Å². The fourth-order valence-corrected chi connectivity index (χ4v) is 5.27. The van der Waals surface area contributed by atoms with Crippen LogP contribution in [0.4, 0.5) is 0 Å². The third kappa shape index (κ3) is 6.09. The fraction of sp³-hybridized carbons (Fsp3) is 0.310. The lowest BCUT2D eigenvalue weighted by molar-refractivity contribution is 0.414. The Morgan fingerprint density at radius 2 is 1.73 bits per heavy atom. The number of hydrogen-bond acceptors (Lipinski definition) is 5. The van der Waals surface area contributed by atoms with Crippen molar-refractivity contribution in [2.24, 2.45) is 7.05 Å². The van der Waals surface area contributed by atoms with E-state index in [0.717, 1.165) is 33.8 Å². The summed E-state index contributed by atoms with van der Waals surface area (Å²) < 4.78 is 35.4. The van der Waals surface area contributed by atoms with Gasteiger partial charge in [-0.2, -0.15) is 4.31 Å². The SMILES string of the molecule is COc1ccc(CN(C)S(=O)(=O)c2ccc(Cc3ccc(C(C)(C)C)cn3)c(-c3cn(C)cn3)c2)cc1. The van der Waals surface area contributed by atoms with Gasteiger partial charge in [-0.25, -0.2) is 13.4 Å². The van der Waals surface area contributed by atoms with Gasteiger partial charge in [-0.3, -0.25) is 4.98 Å². The van der Waals surface area contributed by atoms with Gasteiger partial charge >= 0.3 is 0 Å². The summed E-state index contributed by atoms with van der Waals surface area (Å²) in [6, 6.07) is 16.8. The Morgan fingerprint density at radius 3 is 2.30 bits per heavy atom. The van der Waals surface area contributed by atoms with Crippen LogP contribution in [-0.2, 0) is 35.5 Å². The maximum atomic E-state index is 13.5. The van der Waals surface area contributed by atoms with Crippen LogP contribution in [0.2, 0.25) is 0 Å². The van der Waals surface area contributed by atoms with E-state index < -0.39 is 10.0 Å². The van der Waals surface area contributed by atoms with Crippen molar-refractivity contribution in [2.75, 3.05) is 14.2 Å². The molecule has 0 saturated carbocycles. The molecule has 8 heteroatoms. The van der Waals surface area contributed by atoms with Crippen LogP contribution < -0.4 is 4.74 Å². The minimum Gasteiger partial charge on any atom is -0.497 e. The number of ether oxygens (including phenoxy) is 1. The third-order valence-electron chi connectivity index (χ3n) is 6.40. The molecular formula is C29H34N4O3S. The molecule has 0 unspecified atom stereocenters. The molecule has 0 aliphatic rings. The van der Waals surface area contributed by atoms with Crippen LogP contribution in [0.3, 0.4) is 0 Å². The first-order valence-corrected chi connectivity index (χ1v) is 13.6. The number of benzene rings is 2. The maximum Gasteiger partial charge on any atom is 0.243 e. The molecule has 0 bridgehead atoms. The lowest BCUT2D eigenvalue weighted by Gasteiger charge is -2.19. The highest BCUT2D eigenvalue weighted by Gasteiger charge is 2.23. The zero-order chi connectivity index (χ0) is 26.8. The van der Waals surface area contributed by atoms with Crippen molar-refractivity contribution < 1.29 is 13.2 Å². The van der Waals surface area contributed by atoms with Crippen molar-refractivity contribution in [3.63, 3.8) is 0 Å². The van der Waals surface area contributed by atoms with E-state index in [-0.39, 0.29) is 16.9 Å². The summed E-state index contributed by atoms with van der Waals surface area (Å²) in [7, 11) is 1.35. The first-order valence-electron chi connectivity index (χ1n) is 12.1. The number of rotatable bonds is 8. The molecule has 0 saturated heterocycles. The first-order chi connectivity index (χ1) is 17.5. The molecular weight excluding hydrogens is 484 g/mol. The van der Waals surface area contributed by atoms with Gasteiger partial charge in [0.15, 0.2) is 0 Å². The number of imidazole rings is 1. The standard InChI is InChI=1S/C29H34N4O3S/c1-29(2,3)23-10-11-24(30-17-23)15-22-9-14-26(16-27(22)28-19-32(4)20-31-28)37(34,35)33(5)18-21-7-12-25(36-6)13-8-21/h7-14,16-17,19-20H,15,18H2,1-6H3. The Hall–Kier alpha value is -3.49. The van der Waals surface area contributed by atoms with Crippen molar-refractivity contribution in [3.8, 4) is 17.0 Å².